The van der Waals surface area contributed by atoms with Crippen LogP contribution >= 0.6 is 0 Å². The van der Waals surface area contributed by atoms with E-state index in [4.69, 9.17) is 14.2 Å². The van der Waals surface area contributed by atoms with Gasteiger partial charge in [-0.3, -0.25) is 19.6 Å². The fourth-order valence-corrected chi connectivity index (χ4v) is 5.33. The maximum absolute atomic E-state index is 14.2. The van der Waals surface area contributed by atoms with Crippen LogP contribution in [0.5, 0.6) is 28.9 Å². The smallest absolute Gasteiger partial charge is 0.328 e. The van der Waals surface area contributed by atoms with Crippen LogP contribution in [0.2, 0.25) is 0 Å². The molecule has 11 heteroatoms. The first-order valence-electron chi connectivity index (χ1n) is 13.8. The van der Waals surface area contributed by atoms with Crippen molar-refractivity contribution in [3.63, 3.8) is 0 Å². The van der Waals surface area contributed by atoms with Crippen molar-refractivity contribution in [1.82, 2.24) is 15.0 Å². The molecule has 0 bridgehead atoms. The Kier molecular flexibility index (Phi) is 7.57. The van der Waals surface area contributed by atoms with Gasteiger partial charge in [0.05, 0.1) is 31.3 Å². The van der Waals surface area contributed by atoms with Gasteiger partial charge in [0.2, 0.25) is 5.88 Å². The lowest BCUT2D eigenvalue weighted by atomic mass is 9.81. The molecule has 0 fully saturated rings. The average molecular weight is 606 g/mol. The number of ether oxygens (including phenoxy) is 3. The molecule has 1 aliphatic heterocycles. The molecule has 0 saturated heterocycles. The second-order valence-electron chi connectivity index (χ2n) is 10.1. The van der Waals surface area contributed by atoms with Crippen LogP contribution in [-0.2, 0) is 4.79 Å². The molecule has 0 radical (unpaired) electrons. The minimum absolute atomic E-state index is 0.0419. The number of phenols is 2. The predicted octanol–water partition coefficient (Wildman–Crippen LogP) is 4.75. The highest BCUT2D eigenvalue weighted by Crippen LogP contribution is 2.43. The van der Waals surface area contributed by atoms with Crippen LogP contribution in [0.1, 0.15) is 28.2 Å². The Labute approximate surface area is 255 Å². The summed E-state index contributed by atoms with van der Waals surface area (Å²) in [5, 5.41) is 20.8. The van der Waals surface area contributed by atoms with Crippen molar-refractivity contribution in [2.45, 2.75) is 5.92 Å². The minimum Gasteiger partial charge on any atom is -0.504 e. The maximum atomic E-state index is 14.2. The highest BCUT2D eigenvalue weighted by atomic mass is 16.5. The summed E-state index contributed by atoms with van der Waals surface area (Å²) in [7, 11) is 2.85. The van der Waals surface area contributed by atoms with Gasteiger partial charge in [-0.1, -0.05) is 42.5 Å². The number of phenolic OH excluding ortho intramolecular Hbond substituents is 2. The number of aromatic amines is 3. The Balaban J connectivity index is 1.56. The molecule has 11 nitrogen and oxygen atoms in total. The van der Waals surface area contributed by atoms with E-state index in [1.807, 2.05) is 24.3 Å². The van der Waals surface area contributed by atoms with Gasteiger partial charge in [-0.15, -0.1) is 0 Å². The zero-order valence-electron chi connectivity index (χ0n) is 24.1. The lowest BCUT2D eigenvalue weighted by molar-refractivity contribution is -0.111. The number of benzene rings is 3. The zero-order valence-corrected chi connectivity index (χ0v) is 24.1. The molecule has 0 amide bonds. The largest absolute Gasteiger partial charge is 0.504 e. The number of hydrogen-bond acceptors (Lipinski definition) is 8. The van der Waals surface area contributed by atoms with E-state index < -0.39 is 23.0 Å². The summed E-state index contributed by atoms with van der Waals surface area (Å²) < 4.78 is 16.5. The second-order valence-corrected chi connectivity index (χ2v) is 10.1. The molecule has 0 aliphatic carbocycles. The van der Waals surface area contributed by atoms with Crippen LogP contribution in [0.15, 0.2) is 99.9 Å². The number of rotatable bonds is 8. The van der Waals surface area contributed by atoms with Gasteiger partial charge in [0.15, 0.2) is 28.8 Å². The van der Waals surface area contributed by atoms with Crippen molar-refractivity contribution in [1.29, 1.82) is 0 Å². The molecule has 6 rings (SSSR count). The van der Waals surface area contributed by atoms with Crippen LogP contribution in [0.3, 0.4) is 0 Å². The number of fused-ring (bicyclic) bond motifs is 2. The number of H-pyrrole nitrogens is 3. The van der Waals surface area contributed by atoms with Crippen LogP contribution < -0.4 is 25.5 Å². The van der Waals surface area contributed by atoms with Gasteiger partial charge in [0.1, 0.15) is 5.76 Å². The Morgan fingerprint density at radius 2 is 1.53 bits per heavy atom. The van der Waals surface area contributed by atoms with E-state index in [1.54, 1.807) is 48.7 Å². The molecule has 1 unspecified atom stereocenters. The topological polar surface area (TPSA) is 167 Å². The molecule has 5 N–H and O–H groups in total. The van der Waals surface area contributed by atoms with Crippen molar-refractivity contribution in [3.05, 3.63) is 133 Å². The number of aromatic hydroxyl groups is 2. The van der Waals surface area contributed by atoms with Gasteiger partial charge < -0.3 is 29.4 Å². The van der Waals surface area contributed by atoms with Crippen molar-refractivity contribution in [3.8, 4) is 28.9 Å². The third-order valence-corrected chi connectivity index (χ3v) is 7.46. The molecule has 1 atom stereocenters. The first-order valence-corrected chi connectivity index (χ1v) is 13.8. The number of hydrogen-bond donors (Lipinski definition) is 5. The summed E-state index contributed by atoms with van der Waals surface area (Å²) in [4.78, 5) is 47.9. The SMILES string of the molecule is COc1cc(/C=C/C(=O)C2=C(/C=C/c3ccc(O)c(OC)c3)Oc3[nH]c(=O)[nH]c(=O)c3C2c2c[nH]c3ccccc23)ccc1O. The van der Waals surface area contributed by atoms with Crippen LogP contribution in [0.25, 0.3) is 23.1 Å². The highest BCUT2D eigenvalue weighted by Gasteiger charge is 2.37. The Bertz CT molecular complexity index is 2170. The summed E-state index contributed by atoms with van der Waals surface area (Å²) in [5.41, 5.74) is 1.33. The van der Waals surface area contributed by atoms with E-state index in [0.717, 1.165) is 10.9 Å². The molecule has 0 spiro atoms. The summed E-state index contributed by atoms with van der Waals surface area (Å²) in [6, 6.07) is 16.8. The normalized spacial score (nSPS) is 14.6. The number of carbonyl (C=O) groups is 1. The Morgan fingerprint density at radius 3 is 2.22 bits per heavy atom. The van der Waals surface area contributed by atoms with E-state index >= 15 is 0 Å². The van der Waals surface area contributed by atoms with E-state index in [1.165, 1.54) is 32.4 Å². The summed E-state index contributed by atoms with van der Waals surface area (Å²) in [6.07, 6.45) is 7.84. The van der Waals surface area contributed by atoms with Crippen molar-refractivity contribution in [2.75, 3.05) is 14.2 Å². The number of aromatic nitrogens is 3. The minimum atomic E-state index is -0.953. The maximum Gasteiger partial charge on any atom is 0.328 e. The highest BCUT2D eigenvalue weighted by molar-refractivity contribution is 6.09. The third kappa shape index (κ3) is 5.50. The summed E-state index contributed by atoms with van der Waals surface area (Å²) in [6.45, 7) is 0. The van der Waals surface area contributed by atoms with Crippen molar-refractivity contribution in [2.24, 2.45) is 0 Å². The molecule has 3 aromatic carbocycles. The van der Waals surface area contributed by atoms with Crippen molar-refractivity contribution < 1.29 is 29.2 Å². The van der Waals surface area contributed by atoms with Crippen LogP contribution in [-0.4, -0.2) is 45.2 Å². The molecule has 226 valence electrons. The van der Waals surface area contributed by atoms with Gasteiger partial charge in [0, 0.05) is 17.1 Å². The lowest BCUT2D eigenvalue weighted by Gasteiger charge is -2.27. The first-order chi connectivity index (χ1) is 21.8. The molecule has 0 saturated carbocycles. The van der Waals surface area contributed by atoms with Gasteiger partial charge >= 0.3 is 5.69 Å². The van der Waals surface area contributed by atoms with E-state index in [9.17, 15) is 24.6 Å². The molecule has 3 heterocycles. The number of ketones is 1. The molecule has 45 heavy (non-hydrogen) atoms. The standard InChI is InChI=1S/C34H27N3O8/c1-43-27-15-18(7-11-23(27)38)9-13-25(40)30-26(14-10-19-8-12-24(39)28(16-19)44-2)45-33-31(32(41)36-34(42)37-33)29(30)21-17-35-22-6-4-3-5-20(21)22/h3-17,29,35,38-39H,1-2H3,(H2,36,37,41,42)/b13-9+,14-10+. The summed E-state index contributed by atoms with van der Waals surface area (Å²) >= 11 is 0. The molecule has 5 aromatic rings. The molecule has 1 aliphatic rings. The van der Waals surface area contributed by atoms with Crippen LogP contribution in [0, 0.1) is 0 Å². The van der Waals surface area contributed by atoms with Gasteiger partial charge in [-0.2, -0.15) is 0 Å². The van der Waals surface area contributed by atoms with Gasteiger partial charge in [-0.05, 0) is 59.2 Å². The fraction of sp³-hybridized carbons (Fsp3) is 0.0882. The van der Waals surface area contributed by atoms with E-state index in [-0.39, 0.29) is 45.8 Å². The average Bonchev–Trinajstić information content (AvgIpc) is 3.47. The second kappa shape index (κ2) is 11.8. The summed E-state index contributed by atoms with van der Waals surface area (Å²) in [5.74, 6) is -1.04. The number of allylic oxidation sites excluding steroid dienone is 3. The molecule has 2 aromatic heterocycles. The first kappa shape index (κ1) is 28.9. The fourth-order valence-electron chi connectivity index (χ4n) is 5.33. The number of carbonyl (C=O) groups excluding carboxylic acids is 1. The van der Waals surface area contributed by atoms with Gasteiger partial charge in [-0.25, -0.2) is 4.79 Å². The number of para-hydroxylation sites is 1. The van der Waals surface area contributed by atoms with Gasteiger partial charge in [0.25, 0.3) is 5.56 Å². The lowest BCUT2D eigenvalue weighted by Crippen LogP contribution is -2.33. The Morgan fingerprint density at radius 1 is 0.867 bits per heavy atom. The van der Waals surface area contributed by atoms with Crippen molar-refractivity contribution >= 4 is 28.8 Å². The van der Waals surface area contributed by atoms with E-state index in [0.29, 0.717) is 16.7 Å². The monoisotopic (exact) mass is 605 g/mol. The number of nitrogens with one attached hydrogen (secondary N) is 3. The molecular formula is C34H27N3O8. The predicted molar refractivity (Wildman–Crippen MR) is 168 cm³/mol. The Hall–Kier alpha value is -6.23. The zero-order chi connectivity index (χ0) is 31.7. The third-order valence-electron chi connectivity index (χ3n) is 7.46. The number of methoxy groups -OCH3 is 2. The van der Waals surface area contributed by atoms with E-state index in [2.05, 4.69) is 15.0 Å². The van der Waals surface area contributed by atoms with Crippen LogP contribution in [0.4, 0.5) is 0 Å². The quantitative estimate of drug-likeness (QED) is 0.158. The molecular weight excluding hydrogens is 578 g/mol.